The van der Waals surface area contributed by atoms with Crippen LogP contribution in [0.15, 0.2) is 30.3 Å². The Hall–Kier alpha value is -1.35. The van der Waals surface area contributed by atoms with E-state index in [0.717, 1.165) is 24.9 Å². The van der Waals surface area contributed by atoms with E-state index in [1.807, 2.05) is 30.3 Å². The summed E-state index contributed by atoms with van der Waals surface area (Å²) in [6.07, 6.45) is 2.20. The molecule has 0 aromatic heterocycles. The van der Waals surface area contributed by atoms with E-state index in [1.165, 1.54) is 0 Å². The number of carbonyl (C=O) groups excluding carboxylic acids is 1. The van der Waals surface area contributed by atoms with Gasteiger partial charge in [-0.3, -0.25) is 9.69 Å². The minimum absolute atomic E-state index is 0.163. The summed E-state index contributed by atoms with van der Waals surface area (Å²) in [6.45, 7) is 5.68. The van der Waals surface area contributed by atoms with Crippen molar-refractivity contribution >= 4 is 5.97 Å². The maximum absolute atomic E-state index is 11.6. The van der Waals surface area contributed by atoms with E-state index < -0.39 is 0 Å². The molecule has 1 unspecified atom stereocenters. The van der Waals surface area contributed by atoms with Crippen molar-refractivity contribution in [3.05, 3.63) is 42.8 Å². The Morgan fingerprint density at radius 1 is 1.41 bits per heavy atom. The summed E-state index contributed by atoms with van der Waals surface area (Å²) < 4.78 is 5.23. The second-order valence-corrected chi connectivity index (χ2v) is 4.41. The van der Waals surface area contributed by atoms with Gasteiger partial charge in [0.2, 0.25) is 0 Å². The molecule has 3 heteroatoms. The lowest BCUT2D eigenvalue weighted by Crippen LogP contribution is -2.33. The van der Waals surface area contributed by atoms with E-state index in [1.54, 1.807) is 0 Å². The highest BCUT2D eigenvalue weighted by molar-refractivity contribution is 5.71. The van der Waals surface area contributed by atoms with Crippen molar-refractivity contribution in [2.24, 2.45) is 0 Å². The van der Waals surface area contributed by atoms with E-state index >= 15 is 0 Å². The molecule has 1 aliphatic rings. The fourth-order valence-corrected chi connectivity index (χ4v) is 2.05. The van der Waals surface area contributed by atoms with Gasteiger partial charge in [0, 0.05) is 6.04 Å². The molecule has 1 aromatic rings. The fourth-order valence-electron chi connectivity index (χ4n) is 2.05. The zero-order valence-corrected chi connectivity index (χ0v) is 9.97. The second-order valence-electron chi connectivity index (χ2n) is 4.41. The van der Waals surface area contributed by atoms with Crippen LogP contribution in [0.1, 0.15) is 18.4 Å². The number of nitrogens with zero attached hydrogens (tertiary/aromatic N) is 1. The molecule has 1 atom stereocenters. The van der Waals surface area contributed by atoms with E-state index in [-0.39, 0.29) is 12.0 Å². The normalized spacial score (nSPS) is 20.4. The predicted octanol–water partition coefficient (Wildman–Crippen LogP) is 2.03. The first-order valence-electron chi connectivity index (χ1n) is 6.02. The van der Waals surface area contributed by atoms with Gasteiger partial charge in [-0.1, -0.05) is 30.3 Å². The van der Waals surface area contributed by atoms with E-state index in [2.05, 4.69) is 11.8 Å². The maximum atomic E-state index is 11.6. The van der Waals surface area contributed by atoms with Gasteiger partial charge in [0.1, 0.15) is 6.61 Å². The molecular formula is C14H18NO2. The summed E-state index contributed by atoms with van der Waals surface area (Å²) in [5.74, 6) is -0.163. The van der Waals surface area contributed by atoms with Crippen molar-refractivity contribution in [2.45, 2.75) is 25.5 Å². The summed E-state index contributed by atoms with van der Waals surface area (Å²) in [6, 6.07) is 9.99. The van der Waals surface area contributed by atoms with E-state index in [0.29, 0.717) is 13.2 Å². The first-order chi connectivity index (χ1) is 8.25. The fraction of sp³-hybridized carbons (Fsp3) is 0.429. The number of rotatable bonds is 4. The lowest BCUT2D eigenvalue weighted by Gasteiger charge is -2.19. The summed E-state index contributed by atoms with van der Waals surface area (Å²) in [4.78, 5) is 13.7. The summed E-state index contributed by atoms with van der Waals surface area (Å²) >= 11 is 0. The van der Waals surface area contributed by atoms with Crippen LogP contribution in [0.2, 0.25) is 0 Å². The molecule has 1 aromatic carbocycles. The lowest BCUT2D eigenvalue weighted by molar-refractivity contribution is -0.146. The minimum Gasteiger partial charge on any atom is -0.460 e. The highest BCUT2D eigenvalue weighted by Crippen LogP contribution is 2.15. The van der Waals surface area contributed by atoms with Crippen molar-refractivity contribution in [1.29, 1.82) is 0 Å². The van der Waals surface area contributed by atoms with Crippen LogP contribution in [0, 0.1) is 6.92 Å². The Bertz CT molecular complexity index is 364. The van der Waals surface area contributed by atoms with Crippen LogP contribution in [0.5, 0.6) is 0 Å². The molecule has 0 amide bonds. The number of likely N-dealkylation sites (tertiary alicyclic amines) is 1. The third kappa shape index (κ3) is 3.56. The summed E-state index contributed by atoms with van der Waals surface area (Å²) in [7, 11) is 0. The van der Waals surface area contributed by atoms with Crippen LogP contribution in [-0.4, -0.2) is 30.0 Å². The van der Waals surface area contributed by atoms with Crippen LogP contribution in [0.4, 0.5) is 0 Å². The molecule has 1 aliphatic heterocycles. The van der Waals surface area contributed by atoms with Gasteiger partial charge in [0.05, 0.1) is 6.54 Å². The van der Waals surface area contributed by atoms with Crippen LogP contribution in [0.3, 0.4) is 0 Å². The average Bonchev–Trinajstić information content (AvgIpc) is 2.74. The van der Waals surface area contributed by atoms with Gasteiger partial charge in [0.25, 0.3) is 0 Å². The Kier molecular flexibility index (Phi) is 4.15. The van der Waals surface area contributed by atoms with Gasteiger partial charge >= 0.3 is 5.97 Å². The molecule has 3 nitrogen and oxygen atoms in total. The molecule has 1 heterocycles. The Labute approximate surface area is 102 Å². The Morgan fingerprint density at radius 2 is 2.18 bits per heavy atom. The van der Waals surface area contributed by atoms with Crippen LogP contribution in [0.25, 0.3) is 0 Å². The van der Waals surface area contributed by atoms with Gasteiger partial charge in [0.15, 0.2) is 0 Å². The predicted molar refractivity (Wildman–Crippen MR) is 66.2 cm³/mol. The van der Waals surface area contributed by atoms with E-state index in [4.69, 9.17) is 4.74 Å². The number of ether oxygens (including phenoxy) is 1. The average molecular weight is 232 g/mol. The SMILES string of the molecule is [CH2]C1CCCN1CC(=O)OCc1ccccc1. The van der Waals surface area contributed by atoms with Crippen molar-refractivity contribution in [1.82, 2.24) is 4.90 Å². The first-order valence-corrected chi connectivity index (χ1v) is 6.02. The molecule has 0 spiro atoms. The second kappa shape index (κ2) is 5.82. The molecule has 1 fully saturated rings. The summed E-state index contributed by atoms with van der Waals surface area (Å²) in [5.41, 5.74) is 1.02. The van der Waals surface area contributed by atoms with Gasteiger partial charge in [-0.05, 0) is 31.9 Å². The molecule has 17 heavy (non-hydrogen) atoms. The monoisotopic (exact) mass is 232 g/mol. The molecule has 1 saturated heterocycles. The number of carbonyl (C=O) groups is 1. The minimum atomic E-state index is -0.163. The van der Waals surface area contributed by atoms with Crippen molar-refractivity contribution < 1.29 is 9.53 Å². The Balaban J connectivity index is 1.74. The highest BCUT2D eigenvalue weighted by Gasteiger charge is 2.22. The zero-order valence-electron chi connectivity index (χ0n) is 9.97. The smallest absolute Gasteiger partial charge is 0.320 e. The van der Waals surface area contributed by atoms with E-state index in [9.17, 15) is 4.79 Å². The molecule has 2 rings (SSSR count). The number of esters is 1. The number of benzene rings is 1. The standard InChI is InChI=1S/C14H18NO2/c1-12-6-5-9-15(12)10-14(16)17-11-13-7-3-2-4-8-13/h2-4,7-8,12H,1,5-6,9-11H2. The van der Waals surface area contributed by atoms with Gasteiger partial charge in [-0.2, -0.15) is 0 Å². The van der Waals surface area contributed by atoms with Crippen LogP contribution < -0.4 is 0 Å². The third-order valence-corrected chi connectivity index (χ3v) is 3.07. The van der Waals surface area contributed by atoms with Gasteiger partial charge in [-0.25, -0.2) is 0 Å². The summed E-state index contributed by atoms with van der Waals surface area (Å²) in [5, 5.41) is 0. The van der Waals surface area contributed by atoms with Gasteiger partial charge < -0.3 is 4.74 Å². The van der Waals surface area contributed by atoms with Crippen molar-refractivity contribution in [2.75, 3.05) is 13.1 Å². The molecule has 0 bridgehead atoms. The largest absolute Gasteiger partial charge is 0.460 e. The lowest BCUT2D eigenvalue weighted by atomic mass is 10.2. The topological polar surface area (TPSA) is 29.5 Å². The van der Waals surface area contributed by atoms with Gasteiger partial charge in [-0.15, -0.1) is 0 Å². The molecular weight excluding hydrogens is 214 g/mol. The first kappa shape index (κ1) is 12.1. The molecule has 91 valence electrons. The van der Waals surface area contributed by atoms with Crippen LogP contribution in [-0.2, 0) is 16.1 Å². The number of hydrogen-bond acceptors (Lipinski definition) is 3. The van der Waals surface area contributed by atoms with Crippen molar-refractivity contribution in [3.63, 3.8) is 0 Å². The molecule has 0 N–H and O–H groups in total. The van der Waals surface area contributed by atoms with Crippen molar-refractivity contribution in [3.8, 4) is 0 Å². The highest BCUT2D eigenvalue weighted by atomic mass is 16.5. The quantitative estimate of drug-likeness (QED) is 0.744. The Morgan fingerprint density at radius 3 is 2.82 bits per heavy atom. The maximum Gasteiger partial charge on any atom is 0.320 e. The zero-order chi connectivity index (χ0) is 12.1. The molecule has 1 radical (unpaired) electrons. The van der Waals surface area contributed by atoms with Crippen LogP contribution >= 0.6 is 0 Å². The number of hydrogen-bond donors (Lipinski definition) is 0. The third-order valence-electron chi connectivity index (χ3n) is 3.07. The molecule has 0 saturated carbocycles. The molecule has 0 aliphatic carbocycles.